The highest BCUT2D eigenvalue weighted by molar-refractivity contribution is 9.10. The Labute approximate surface area is 137 Å². The molecule has 1 N–H and O–H groups in total. The molecule has 0 fully saturated rings. The van der Waals surface area contributed by atoms with Crippen molar-refractivity contribution in [1.29, 1.82) is 0 Å². The van der Waals surface area contributed by atoms with E-state index in [1.165, 1.54) is 6.21 Å². The van der Waals surface area contributed by atoms with E-state index in [1.807, 2.05) is 39.0 Å². The summed E-state index contributed by atoms with van der Waals surface area (Å²) in [5.74, 6) is 1.68. The number of aryl methyl sites for hydroxylation is 3. The highest BCUT2D eigenvalue weighted by atomic mass is 79.9. The Morgan fingerprint density at radius 1 is 1.36 bits per heavy atom. The average molecular weight is 365 g/mol. The number of nitrogens with one attached hydrogen (secondary N) is 1. The first kappa shape index (κ1) is 16.3. The van der Waals surface area contributed by atoms with E-state index in [4.69, 9.17) is 9.15 Å². The van der Waals surface area contributed by atoms with Crippen LogP contribution in [0, 0.1) is 20.8 Å². The number of furan rings is 1. The van der Waals surface area contributed by atoms with Crippen LogP contribution in [0.5, 0.6) is 5.75 Å². The maximum Gasteiger partial charge on any atom is 0.277 e. The summed E-state index contributed by atoms with van der Waals surface area (Å²) >= 11 is 3.43. The van der Waals surface area contributed by atoms with E-state index < -0.39 is 0 Å². The molecule has 0 aliphatic heterocycles. The van der Waals surface area contributed by atoms with Crippen LogP contribution in [0.4, 0.5) is 0 Å². The van der Waals surface area contributed by atoms with Gasteiger partial charge in [-0.05, 0) is 66.0 Å². The van der Waals surface area contributed by atoms with Gasteiger partial charge in [0.25, 0.3) is 5.91 Å². The molecule has 0 saturated carbocycles. The topological polar surface area (TPSA) is 63.8 Å². The third-order valence-corrected chi connectivity index (χ3v) is 3.45. The predicted molar refractivity (Wildman–Crippen MR) is 88.3 cm³/mol. The summed E-state index contributed by atoms with van der Waals surface area (Å²) in [6.45, 7) is 5.66. The minimum Gasteiger partial charge on any atom is -0.482 e. The predicted octanol–water partition coefficient (Wildman–Crippen LogP) is 3.50. The molecule has 2 rings (SSSR count). The molecule has 5 nitrogen and oxygen atoms in total. The number of hydrogen-bond acceptors (Lipinski definition) is 4. The van der Waals surface area contributed by atoms with Crippen LogP contribution in [0.3, 0.4) is 0 Å². The van der Waals surface area contributed by atoms with Gasteiger partial charge in [-0.15, -0.1) is 0 Å². The lowest BCUT2D eigenvalue weighted by atomic mass is 10.1. The van der Waals surface area contributed by atoms with Gasteiger partial charge in [0.2, 0.25) is 0 Å². The molecule has 0 spiro atoms. The van der Waals surface area contributed by atoms with Crippen LogP contribution in [0.25, 0.3) is 0 Å². The largest absolute Gasteiger partial charge is 0.482 e. The molecule has 2 aromatic rings. The molecule has 1 heterocycles. The highest BCUT2D eigenvalue weighted by Gasteiger charge is 2.08. The van der Waals surface area contributed by atoms with Gasteiger partial charge in [0.05, 0.1) is 10.7 Å². The monoisotopic (exact) mass is 364 g/mol. The zero-order valence-corrected chi connectivity index (χ0v) is 14.2. The summed E-state index contributed by atoms with van der Waals surface area (Å²) in [6, 6.07) is 7.53. The molecule has 1 amide bonds. The first-order chi connectivity index (χ1) is 10.5. The van der Waals surface area contributed by atoms with E-state index in [2.05, 4.69) is 26.5 Å². The zero-order chi connectivity index (χ0) is 16.1. The quantitative estimate of drug-likeness (QED) is 0.652. The maximum absolute atomic E-state index is 11.7. The second-order valence-corrected chi connectivity index (χ2v) is 5.78. The van der Waals surface area contributed by atoms with Crippen molar-refractivity contribution >= 4 is 28.1 Å². The Balaban J connectivity index is 1.87. The molecular weight excluding hydrogens is 348 g/mol. The fraction of sp³-hybridized carbons (Fsp3) is 0.250. The lowest BCUT2D eigenvalue weighted by Crippen LogP contribution is -2.24. The fourth-order valence-corrected chi connectivity index (χ4v) is 2.73. The number of ether oxygens (including phenoxy) is 1. The summed E-state index contributed by atoms with van der Waals surface area (Å²) in [5.41, 5.74) is 4.48. The second kappa shape index (κ2) is 7.26. The molecule has 0 atom stereocenters. The number of amides is 1. The van der Waals surface area contributed by atoms with Gasteiger partial charge in [0, 0.05) is 0 Å². The average Bonchev–Trinajstić information content (AvgIpc) is 2.83. The summed E-state index contributed by atoms with van der Waals surface area (Å²) in [5, 5.41) is 3.82. The van der Waals surface area contributed by atoms with Crippen molar-refractivity contribution in [3.05, 3.63) is 51.4 Å². The number of carbonyl (C=O) groups excluding carboxylic acids is 1. The normalized spacial score (nSPS) is 10.9. The van der Waals surface area contributed by atoms with Crippen LogP contribution in [0.1, 0.15) is 22.6 Å². The molecule has 6 heteroatoms. The molecule has 1 aromatic carbocycles. The number of benzene rings is 1. The summed E-state index contributed by atoms with van der Waals surface area (Å²) in [4.78, 5) is 11.7. The van der Waals surface area contributed by atoms with E-state index in [9.17, 15) is 4.79 Å². The summed E-state index contributed by atoms with van der Waals surface area (Å²) < 4.78 is 11.7. The van der Waals surface area contributed by atoms with E-state index in [0.29, 0.717) is 11.5 Å². The molecule has 0 aliphatic carbocycles. The Kier molecular flexibility index (Phi) is 5.38. The zero-order valence-electron chi connectivity index (χ0n) is 12.6. The standard InChI is InChI=1S/C16H17BrN2O3/c1-10-6-11(2)16(14(17)7-10)21-9-15(20)19-18-8-13-5-4-12(3)22-13/h4-8H,9H2,1-3H3,(H,19,20). The number of halogens is 1. The molecular formula is C16H17BrN2O3. The second-order valence-electron chi connectivity index (χ2n) is 4.92. The minimum atomic E-state index is -0.341. The summed E-state index contributed by atoms with van der Waals surface area (Å²) in [7, 11) is 0. The number of nitrogens with zero attached hydrogens (tertiary/aromatic N) is 1. The van der Waals surface area contributed by atoms with Crippen molar-refractivity contribution in [3.63, 3.8) is 0 Å². The number of rotatable bonds is 5. The van der Waals surface area contributed by atoms with Crippen LogP contribution in [-0.2, 0) is 4.79 Å². The lowest BCUT2D eigenvalue weighted by Gasteiger charge is -2.11. The Bertz CT molecular complexity index is 684. The lowest BCUT2D eigenvalue weighted by molar-refractivity contribution is -0.123. The highest BCUT2D eigenvalue weighted by Crippen LogP contribution is 2.29. The van der Waals surface area contributed by atoms with E-state index in [0.717, 1.165) is 21.4 Å². The van der Waals surface area contributed by atoms with Gasteiger partial charge in [-0.25, -0.2) is 5.43 Å². The van der Waals surface area contributed by atoms with Crippen molar-refractivity contribution in [2.24, 2.45) is 5.10 Å². The van der Waals surface area contributed by atoms with Gasteiger partial charge >= 0.3 is 0 Å². The van der Waals surface area contributed by atoms with Gasteiger partial charge in [-0.2, -0.15) is 5.10 Å². The molecule has 1 aromatic heterocycles. The van der Waals surface area contributed by atoms with E-state index >= 15 is 0 Å². The molecule has 22 heavy (non-hydrogen) atoms. The minimum absolute atomic E-state index is 0.114. The van der Waals surface area contributed by atoms with Crippen LogP contribution in [-0.4, -0.2) is 18.7 Å². The molecule has 0 unspecified atom stereocenters. The third-order valence-electron chi connectivity index (χ3n) is 2.86. The van der Waals surface area contributed by atoms with Crippen molar-refractivity contribution < 1.29 is 13.9 Å². The van der Waals surface area contributed by atoms with Crippen molar-refractivity contribution in [2.75, 3.05) is 6.61 Å². The number of carbonyl (C=O) groups is 1. The Morgan fingerprint density at radius 2 is 2.14 bits per heavy atom. The molecule has 0 aliphatic rings. The van der Waals surface area contributed by atoms with Crippen molar-refractivity contribution in [3.8, 4) is 5.75 Å². The number of hydrogen-bond donors (Lipinski definition) is 1. The molecule has 0 radical (unpaired) electrons. The van der Waals surface area contributed by atoms with Crippen LogP contribution in [0.15, 0.2) is 38.3 Å². The fourth-order valence-electron chi connectivity index (χ4n) is 1.95. The van der Waals surface area contributed by atoms with E-state index in [1.54, 1.807) is 6.07 Å². The third kappa shape index (κ3) is 4.46. The van der Waals surface area contributed by atoms with Gasteiger partial charge < -0.3 is 9.15 Å². The van der Waals surface area contributed by atoms with Crippen LogP contribution in [0.2, 0.25) is 0 Å². The summed E-state index contributed by atoms with van der Waals surface area (Å²) in [6.07, 6.45) is 1.44. The van der Waals surface area contributed by atoms with Crippen LogP contribution >= 0.6 is 15.9 Å². The molecule has 116 valence electrons. The maximum atomic E-state index is 11.7. The van der Waals surface area contributed by atoms with Gasteiger partial charge in [-0.3, -0.25) is 4.79 Å². The van der Waals surface area contributed by atoms with Crippen molar-refractivity contribution in [2.45, 2.75) is 20.8 Å². The van der Waals surface area contributed by atoms with Crippen LogP contribution < -0.4 is 10.2 Å². The van der Waals surface area contributed by atoms with Crippen molar-refractivity contribution in [1.82, 2.24) is 5.43 Å². The smallest absolute Gasteiger partial charge is 0.277 e. The Hall–Kier alpha value is -2.08. The van der Waals surface area contributed by atoms with Gasteiger partial charge in [0.15, 0.2) is 6.61 Å². The SMILES string of the molecule is Cc1cc(C)c(OCC(=O)NN=Cc2ccc(C)o2)c(Br)c1. The van der Waals surface area contributed by atoms with E-state index in [-0.39, 0.29) is 12.5 Å². The first-order valence-corrected chi connectivity index (χ1v) is 7.53. The van der Waals surface area contributed by atoms with Gasteiger partial charge in [0.1, 0.15) is 17.3 Å². The molecule has 0 saturated heterocycles. The van der Waals surface area contributed by atoms with Gasteiger partial charge in [-0.1, -0.05) is 6.07 Å². The Morgan fingerprint density at radius 3 is 2.77 bits per heavy atom. The molecule has 0 bridgehead atoms. The first-order valence-electron chi connectivity index (χ1n) is 6.73. The number of hydrazone groups is 1.